The lowest BCUT2D eigenvalue weighted by Crippen LogP contribution is -2.13. The maximum Gasteiger partial charge on any atom is 0.189 e. The summed E-state index contributed by atoms with van der Waals surface area (Å²) in [5.74, 6) is 0.162. The van der Waals surface area contributed by atoms with Crippen LogP contribution in [-0.2, 0) is 6.42 Å². The third kappa shape index (κ3) is 2.86. The summed E-state index contributed by atoms with van der Waals surface area (Å²) in [5, 5.41) is 0. The Morgan fingerprint density at radius 3 is 2.59 bits per heavy atom. The van der Waals surface area contributed by atoms with E-state index < -0.39 is 0 Å². The minimum absolute atomic E-state index is 0.162. The standard InChI is InChI=1S/C19H18BrNO/c1-21(2)18-10-7-13(12-17(18)20)11-15-9-8-14-5-3-4-6-16(14)19(15)22/h3-7,10-12H,8-9H2,1-2H3. The van der Waals surface area contributed by atoms with Crippen molar-refractivity contribution in [3.63, 3.8) is 0 Å². The number of aryl methyl sites for hydroxylation is 1. The van der Waals surface area contributed by atoms with Crippen molar-refractivity contribution in [1.82, 2.24) is 0 Å². The lowest BCUT2D eigenvalue weighted by Gasteiger charge is -2.18. The van der Waals surface area contributed by atoms with E-state index in [0.717, 1.165) is 45.3 Å². The van der Waals surface area contributed by atoms with Crippen molar-refractivity contribution in [3.05, 3.63) is 69.2 Å². The van der Waals surface area contributed by atoms with Gasteiger partial charge in [-0.1, -0.05) is 30.3 Å². The number of anilines is 1. The predicted molar refractivity (Wildman–Crippen MR) is 95.5 cm³/mol. The number of halogens is 1. The van der Waals surface area contributed by atoms with E-state index in [1.165, 1.54) is 0 Å². The molecule has 0 spiro atoms. The molecule has 0 saturated heterocycles. The molecule has 0 aromatic heterocycles. The molecule has 112 valence electrons. The second-order valence-electron chi connectivity index (χ2n) is 5.76. The van der Waals surface area contributed by atoms with Crippen LogP contribution in [0.5, 0.6) is 0 Å². The molecule has 0 heterocycles. The summed E-state index contributed by atoms with van der Waals surface area (Å²) in [4.78, 5) is 14.7. The molecule has 0 saturated carbocycles. The van der Waals surface area contributed by atoms with Crippen LogP contribution < -0.4 is 4.90 Å². The molecule has 0 fully saturated rings. The van der Waals surface area contributed by atoms with Gasteiger partial charge in [0.05, 0.1) is 5.69 Å². The highest BCUT2D eigenvalue weighted by molar-refractivity contribution is 9.10. The fraction of sp³-hybridized carbons (Fsp3) is 0.211. The Bertz CT molecular complexity index is 762. The molecule has 3 rings (SSSR count). The Hall–Kier alpha value is -1.87. The van der Waals surface area contributed by atoms with Gasteiger partial charge in [0.15, 0.2) is 5.78 Å². The maximum absolute atomic E-state index is 12.6. The monoisotopic (exact) mass is 355 g/mol. The van der Waals surface area contributed by atoms with Crippen molar-refractivity contribution in [2.24, 2.45) is 0 Å². The van der Waals surface area contributed by atoms with Gasteiger partial charge in [-0.3, -0.25) is 4.79 Å². The third-order valence-corrected chi connectivity index (χ3v) is 4.65. The second kappa shape index (κ2) is 6.09. The number of carbonyl (C=O) groups excluding carboxylic acids is 1. The molecule has 1 aliphatic carbocycles. The molecule has 3 heteroatoms. The average Bonchev–Trinajstić information content (AvgIpc) is 2.50. The van der Waals surface area contributed by atoms with Crippen LogP contribution in [-0.4, -0.2) is 19.9 Å². The first-order valence-corrected chi connectivity index (χ1v) is 8.15. The van der Waals surface area contributed by atoms with Gasteiger partial charge >= 0.3 is 0 Å². The molecular formula is C19H18BrNO. The van der Waals surface area contributed by atoms with Gasteiger partial charge in [0.25, 0.3) is 0 Å². The Balaban J connectivity index is 1.94. The van der Waals surface area contributed by atoms with Gasteiger partial charge in [0.2, 0.25) is 0 Å². The summed E-state index contributed by atoms with van der Waals surface area (Å²) in [6, 6.07) is 14.1. The summed E-state index contributed by atoms with van der Waals surface area (Å²) >= 11 is 3.60. The zero-order chi connectivity index (χ0) is 15.7. The van der Waals surface area contributed by atoms with E-state index in [1.807, 2.05) is 44.4 Å². The molecule has 1 aliphatic rings. The summed E-state index contributed by atoms with van der Waals surface area (Å²) in [6.45, 7) is 0. The number of Topliss-reactive ketones (excluding diaryl/α,β-unsaturated/α-hetero) is 1. The van der Waals surface area contributed by atoms with Gasteiger partial charge in [-0.2, -0.15) is 0 Å². The van der Waals surface area contributed by atoms with Crippen LogP contribution in [0, 0.1) is 0 Å². The SMILES string of the molecule is CN(C)c1ccc(C=C2CCc3ccccc3C2=O)cc1Br. The van der Waals surface area contributed by atoms with Crippen LogP contribution in [0.3, 0.4) is 0 Å². The Labute approximate surface area is 139 Å². The van der Waals surface area contributed by atoms with E-state index in [2.05, 4.69) is 39.0 Å². The first kappa shape index (κ1) is 15.0. The fourth-order valence-electron chi connectivity index (χ4n) is 2.83. The summed E-state index contributed by atoms with van der Waals surface area (Å²) in [7, 11) is 4.03. The molecule has 2 nitrogen and oxygen atoms in total. The smallest absolute Gasteiger partial charge is 0.189 e. The van der Waals surface area contributed by atoms with E-state index in [4.69, 9.17) is 0 Å². The molecule has 2 aromatic rings. The number of rotatable bonds is 2. The number of hydrogen-bond acceptors (Lipinski definition) is 2. The lowest BCUT2D eigenvalue weighted by molar-refractivity contribution is 0.102. The minimum atomic E-state index is 0.162. The maximum atomic E-state index is 12.6. The number of hydrogen-bond donors (Lipinski definition) is 0. The van der Waals surface area contributed by atoms with E-state index in [0.29, 0.717) is 0 Å². The van der Waals surface area contributed by atoms with Gasteiger partial charge in [-0.25, -0.2) is 0 Å². The molecule has 0 atom stereocenters. The Kier molecular flexibility index (Phi) is 4.16. The van der Waals surface area contributed by atoms with Crippen LogP contribution in [0.25, 0.3) is 6.08 Å². The van der Waals surface area contributed by atoms with Crippen molar-refractivity contribution in [2.45, 2.75) is 12.8 Å². The fourth-order valence-corrected chi connectivity index (χ4v) is 3.58. The summed E-state index contributed by atoms with van der Waals surface area (Å²) in [6.07, 6.45) is 3.76. The largest absolute Gasteiger partial charge is 0.377 e. The number of carbonyl (C=O) groups is 1. The van der Waals surface area contributed by atoms with E-state index in [-0.39, 0.29) is 5.78 Å². The highest BCUT2D eigenvalue weighted by atomic mass is 79.9. The van der Waals surface area contributed by atoms with Crippen molar-refractivity contribution in [2.75, 3.05) is 19.0 Å². The quantitative estimate of drug-likeness (QED) is 0.726. The highest BCUT2D eigenvalue weighted by Gasteiger charge is 2.21. The first-order chi connectivity index (χ1) is 10.6. The number of fused-ring (bicyclic) bond motifs is 1. The Morgan fingerprint density at radius 2 is 1.86 bits per heavy atom. The predicted octanol–water partition coefficient (Wildman–Crippen LogP) is 4.73. The van der Waals surface area contributed by atoms with Gasteiger partial charge in [0, 0.05) is 29.7 Å². The molecule has 0 radical (unpaired) electrons. The van der Waals surface area contributed by atoms with E-state index in [9.17, 15) is 4.79 Å². The van der Waals surface area contributed by atoms with E-state index >= 15 is 0 Å². The van der Waals surface area contributed by atoms with Crippen LogP contribution in [0.2, 0.25) is 0 Å². The van der Waals surface area contributed by atoms with Gasteiger partial charge in [-0.15, -0.1) is 0 Å². The van der Waals surface area contributed by atoms with Crippen LogP contribution in [0.1, 0.15) is 27.9 Å². The minimum Gasteiger partial charge on any atom is -0.377 e. The molecule has 2 aromatic carbocycles. The topological polar surface area (TPSA) is 20.3 Å². The molecule has 0 bridgehead atoms. The number of ketones is 1. The zero-order valence-electron chi connectivity index (χ0n) is 12.8. The molecule has 0 unspecified atom stereocenters. The molecule has 0 aliphatic heterocycles. The summed E-state index contributed by atoms with van der Waals surface area (Å²) in [5.41, 5.74) is 5.09. The first-order valence-electron chi connectivity index (χ1n) is 7.36. The van der Waals surface area contributed by atoms with Gasteiger partial charge < -0.3 is 4.90 Å². The number of allylic oxidation sites excluding steroid dienone is 1. The molecule has 0 amide bonds. The molecule has 0 N–H and O–H groups in total. The van der Waals surface area contributed by atoms with E-state index in [1.54, 1.807) is 0 Å². The summed E-state index contributed by atoms with van der Waals surface area (Å²) < 4.78 is 1.04. The highest BCUT2D eigenvalue weighted by Crippen LogP contribution is 2.29. The lowest BCUT2D eigenvalue weighted by atomic mass is 9.86. The number of nitrogens with zero attached hydrogens (tertiary/aromatic N) is 1. The second-order valence-corrected chi connectivity index (χ2v) is 6.62. The van der Waals surface area contributed by atoms with Crippen molar-refractivity contribution < 1.29 is 4.79 Å². The third-order valence-electron chi connectivity index (χ3n) is 4.01. The van der Waals surface area contributed by atoms with Crippen molar-refractivity contribution >= 4 is 33.5 Å². The average molecular weight is 356 g/mol. The molecular weight excluding hydrogens is 338 g/mol. The van der Waals surface area contributed by atoms with Gasteiger partial charge in [-0.05, 0) is 58.1 Å². The van der Waals surface area contributed by atoms with Crippen LogP contribution in [0.15, 0.2) is 52.5 Å². The zero-order valence-corrected chi connectivity index (χ0v) is 14.4. The Morgan fingerprint density at radius 1 is 1.09 bits per heavy atom. The normalized spacial score (nSPS) is 15.8. The van der Waals surface area contributed by atoms with Crippen molar-refractivity contribution in [3.8, 4) is 0 Å². The van der Waals surface area contributed by atoms with Crippen LogP contribution in [0.4, 0.5) is 5.69 Å². The molecule has 22 heavy (non-hydrogen) atoms. The van der Waals surface area contributed by atoms with Crippen LogP contribution >= 0.6 is 15.9 Å². The number of benzene rings is 2. The van der Waals surface area contributed by atoms with Gasteiger partial charge in [0.1, 0.15) is 0 Å². The van der Waals surface area contributed by atoms with Crippen molar-refractivity contribution in [1.29, 1.82) is 0 Å².